The average molecular weight is 171 g/mol. The van der Waals surface area contributed by atoms with Crippen LogP contribution in [0.15, 0.2) is 0 Å². The Kier molecular flexibility index (Phi) is 1.43. The van der Waals surface area contributed by atoms with Gasteiger partial charge in [0.05, 0.1) is 12.2 Å². The van der Waals surface area contributed by atoms with Gasteiger partial charge in [0.25, 0.3) is 0 Å². The van der Waals surface area contributed by atoms with E-state index >= 15 is 0 Å². The fraction of sp³-hybridized carbons (Fsp3) is 1.00. The van der Waals surface area contributed by atoms with Crippen molar-refractivity contribution in [2.24, 2.45) is 5.73 Å². The molecule has 0 spiro atoms. The molecule has 70 valence electrons. The number of aliphatic hydroxyl groups is 1. The topological polar surface area (TPSA) is 55.5 Å². The highest BCUT2D eigenvalue weighted by Crippen LogP contribution is 2.49. The molecule has 1 atom stereocenters. The zero-order chi connectivity index (χ0) is 9.04. The fourth-order valence-corrected chi connectivity index (χ4v) is 2.04. The summed E-state index contributed by atoms with van der Waals surface area (Å²) in [6.07, 6.45) is 2.53. The Balaban J connectivity index is 2.15. The molecule has 2 fully saturated rings. The lowest BCUT2D eigenvalue weighted by molar-refractivity contribution is -0.0139. The maximum Gasteiger partial charge on any atom is 0.109 e. The van der Waals surface area contributed by atoms with Gasteiger partial charge in [-0.15, -0.1) is 0 Å². The zero-order valence-corrected chi connectivity index (χ0v) is 7.76. The van der Waals surface area contributed by atoms with Gasteiger partial charge in [-0.2, -0.15) is 0 Å². The van der Waals surface area contributed by atoms with Crippen molar-refractivity contribution in [2.45, 2.75) is 49.9 Å². The number of rotatable bonds is 1. The molecule has 3 N–H and O–H groups in total. The van der Waals surface area contributed by atoms with Crippen LogP contribution in [0.2, 0.25) is 0 Å². The first-order valence-electron chi connectivity index (χ1n) is 4.52. The fourth-order valence-electron chi connectivity index (χ4n) is 2.04. The molecule has 0 amide bonds. The van der Waals surface area contributed by atoms with E-state index in [0.29, 0.717) is 13.0 Å². The smallest absolute Gasteiger partial charge is 0.109 e. The minimum Gasteiger partial charge on any atom is -0.385 e. The Labute approximate surface area is 72.9 Å². The second-order valence-corrected chi connectivity index (χ2v) is 4.91. The van der Waals surface area contributed by atoms with Gasteiger partial charge < -0.3 is 15.6 Å². The maximum atomic E-state index is 10.2. The summed E-state index contributed by atoms with van der Waals surface area (Å²) in [7, 11) is 0. The third-order valence-electron chi connectivity index (χ3n) is 3.14. The number of hydrogen-bond acceptors (Lipinski definition) is 3. The molecular weight excluding hydrogens is 154 g/mol. The number of nitrogens with two attached hydrogens (primary N) is 1. The lowest BCUT2D eigenvalue weighted by atomic mass is 9.86. The molecule has 1 heterocycles. The number of ether oxygens (including phenoxy) is 1. The van der Waals surface area contributed by atoms with Crippen molar-refractivity contribution in [3.05, 3.63) is 0 Å². The van der Waals surface area contributed by atoms with Crippen molar-refractivity contribution in [1.82, 2.24) is 0 Å². The summed E-state index contributed by atoms with van der Waals surface area (Å²) in [4.78, 5) is 0. The minimum absolute atomic E-state index is 0.205. The molecule has 1 aliphatic heterocycles. The Bertz CT molecular complexity index is 211. The molecule has 0 radical (unpaired) electrons. The maximum absolute atomic E-state index is 10.2. The van der Waals surface area contributed by atoms with Gasteiger partial charge in [0.1, 0.15) is 5.60 Å². The highest BCUT2D eigenvalue weighted by molar-refractivity contribution is 5.17. The lowest BCUT2D eigenvalue weighted by Crippen LogP contribution is -2.51. The predicted molar refractivity (Wildman–Crippen MR) is 45.8 cm³/mol. The molecule has 12 heavy (non-hydrogen) atoms. The summed E-state index contributed by atoms with van der Waals surface area (Å²) < 4.78 is 5.49. The molecule has 3 nitrogen and oxygen atoms in total. The highest BCUT2D eigenvalue weighted by Gasteiger charge is 2.60. The third-order valence-corrected chi connectivity index (χ3v) is 3.14. The molecule has 2 rings (SSSR count). The Morgan fingerprint density at radius 2 is 1.92 bits per heavy atom. The Hall–Kier alpha value is -0.120. The van der Waals surface area contributed by atoms with E-state index < -0.39 is 5.60 Å². The quantitative estimate of drug-likeness (QED) is 0.600. The van der Waals surface area contributed by atoms with Crippen molar-refractivity contribution in [3.63, 3.8) is 0 Å². The molecule has 0 bridgehead atoms. The van der Waals surface area contributed by atoms with Crippen LogP contribution in [0.5, 0.6) is 0 Å². The first-order chi connectivity index (χ1) is 5.37. The van der Waals surface area contributed by atoms with Crippen LogP contribution in [0.4, 0.5) is 0 Å². The zero-order valence-electron chi connectivity index (χ0n) is 7.76. The summed E-state index contributed by atoms with van der Waals surface area (Å²) in [5.74, 6) is 0. The van der Waals surface area contributed by atoms with Gasteiger partial charge in [0, 0.05) is 12.0 Å². The molecule has 1 saturated heterocycles. The lowest BCUT2D eigenvalue weighted by Gasteiger charge is -2.29. The molecular formula is C9H17NO2. The van der Waals surface area contributed by atoms with Gasteiger partial charge in [-0.25, -0.2) is 0 Å². The van der Waals surface area contributed by atoms with E-state index in [1.807, 2.05) is 13.8 Å². The van der Waals surface area contributed by atoms with Crippen LogP contribution >= 0.6 is 0 Å². The van der Waals surface area contributed by atoms with E-state index in [9.17, 15) is 5.11 Å². The number of hydrogen-bond donors (Lipinski definition) is 2. The second-order valence-electron chi connectivity index (χ2n) is 4.91. The van der Waals surface area contributed by atoms with E-state index in [0.717, 1.165) is 12.8 Å². The summed E-state index contributed by atoms with van der Waals surface area (Å²) in [5.41, 5.74) is 4.66. The molecule has 3 heteroatoms. The first kappa shape index (κ1) is 8.48. The van der Waals surface area contributed by atoms with Gasteiger partial charge in [0.15, 0.2) is 0 Å². The normalized spacial score (nSPS) is 43.0. The van der Waals surface area contributed by atoms with Crippen molar-refractivity contribution in [3.8, 4) is 0 Å². The summed E-state index contributed by atoms with van der Waals surface area (Å²) in [6.45, 7) is 4.39. The van der Waals surface area contributed by atoms with Crippen LogP contribution < -0.4 is 5.73 Å². The molecule has 1 saturated carbocycles. The van der Waals surface area contributed by atoms with Crippen LogP contribution in [0, 0.1) is 0 Å². The van der Waals surface area contributed by atoms with Gasteiger partial charge in [0.2, 0.25) is 0 Å². The van der Waals surface area contributed by atoms with E-state index in [-0.39, 0.29) is 11.1 Å². The van der Waals surface area contributed by atoms with E-state index in [1.165, 1.54) is 0 Å². The van der Waals surface area contributed by atoms with Crippen LogP contribution in [-0.4, -0.2) is 28.5 Å². The van der Waals surface area contributed by atoms with E-state index in [1.54, 1.807) is 0 Å². The molecule has 2 aliphatic rings. The summed E-state index contributed by atoms with van der Waals surface area (Å²) >= 11 is 0. The second kappa shape index (κ2) is 2.03. The van der Waals surface area contributed by atoms with E-state index in [2.05, 4.69) is 0 Å². The largest absolute Gasteiger partial charge is 0.385 e. The van der Waals surface area contributed by atoms with Crippen LogP contribution in [0.3, 0.4) is 0 Å². The van der Waals surface area contributed by atoms with Crippen molar-refractivity contribution >= 4 is 0 Å². The van der Waals surface area contributed by atoms with Crippen molar-refractivity contribution < 1.29 is 9.84 Å². The SMILES string of the molecule is CC1(C)CC(O)(C2(N)CC2)CO1. The van der Waals surface area contributed by atoms with Crippen LogP contribution in [-0.2, 0) is 4.74 Å². The molecule has 1 aliphatic carbocycles. The Morgan fingerprint density at radius 3 is 2.25 bits per heavy atom. The van der Waals surface area contributed by atoms with Gasteiger partial charge in [-0.1, -0.05) is 0 Å². The molecule has 0 aromatic carbocycles. The van der Waals surface area contributed by atoms with Gasteiger partial charge in [-0.3, -0.25) is 0 Å². The van der Waals surface area contributed by atoms with E-state index in [4.69, 9.17) is 10.5 Å². The van der Waals surface area contributed by atoms with Crippen LogP contribution in [0.25, 0.3) is 0 Å². The average Bonchev–Trinajstić information content (AvgIpc) is 2.59. The molecule has 0 aromatic heterocycles. The summed E-state index contributed by atoms with van der Waals surface area (Å²) in [6, 6.07) is 0. The van der Waals surface area contributed by atoms with Gasteiger partial charge in [-0.05, 0) is 26.7 Å². The predicted octanol–water partition coefficient (Wildman–Crippen LogP) is 0.408. The Morgan fingerprint density at radius 1 is 1.33 bits per heavy atom. The minimum atomic E-state index is -0.767. The van der Waals surface area contributed by atoms with Crippen molar-refractivity contribution in [1.29, 1.82) is 0 Å². The third kappa shape index (κ3) is 1.08. The molecule has 0 aromatic rings. The molecule has 1 unspecified atom stereocenters. The monoisotopic (exact) mass is 171 g/mol. The first-order valence-corrected chi connectivity index (χ1v) is 4.52. The highest BCUT2D eigenvalue weighted by atomic mass is 16.5. The van der Waals surface area contributed by atoms with Crippen LogP contribution in [0.1, 0.15) is 33.1 Å². The van der Waals surface area contributed by atoms with Gasteiger partial charge >= 0.3 is 0 Å². The van der Waals surface area contributed by atoms with Crippen molar-refractivity contribution in [2.75, 3.05) is 6.61 Å². The standard InChI is InChI=1S/C9H17NO2/c1-7(2)5-9(11,6-12-7)8(10)3-4-8/h11H,3-6,10H2,1-2H3. The summed E-state index contributed by atoms with van der Waals surface area (Å²) in [5, 5.41) is 10.2.